The fourth-order valence-electron chi connectivity index (χ4n) is 2.89. The number of nitrogens with one attached hydrogen (secondary N) is 1. The second-order valence-corrected chi connectivity index (χ2v) is 12.4. The van der Waals surface area contributed by atoms with Gasteiger partial charge in [-0.05, 0) is 50.3 Å². The van der Waals surface area contributed by atoms with Crippen molar-refractivity contribution < 1.29 is 30.4 Å². The van der Waals surface area contributed by atoms with Gasteiger partial charge in [-0.25, -0.2) is 13.2 Å². The maximum absolute atomic E-state index is 13.2. The van der Waals surface area contributed by atoms with Crippen molar-refractivity contribution in [3.63, 3.8) is 0 Å². The summed E-state index contributed by atoms with van der Waals surface area (Å²) < 4.78 is 93.7. The van der Waals surface area contributed by atoms with Crippen LogP contribution >= 0.6 is 39.0 Å². The highest BCUT2D eigenvalue weighted by Gasteiger charge is 2.56. The van der Waals surface area contributed by atoms with Crippen molar-refractivity contribution in [3.8, 4) is 5.69 Å². The smallest absolute Gasteiger partial charge is 0.261 e. The zero-order valence-electron chi connectivity index (χ0n) is 17.5. The summed E-state index contributed by atoms with van der Waals surface area (Å²) in [6, 6.07) is 5.73. The number of nitrogens with zero attached hydrogens (tertiary/aromatic N) is 2. The van der Waals surface area contributed by atoms with E-state index in [4.69, 9.17) is 0 Å². The van der Waals surface area contributed by atoms with Crippen LogP contribution in [0, 0.1) is 13.8 Å². The van der Waals surface area contributed by atoms with Gasteiger partial charge in [-0.2, -0.15) is 26.9 Å². The highest BCUT2D eigenvalue weighted by molar-refractivity contribution is 9.10. The number of imidazole rings is 1. The molecule has 0 aromatic heterocycles. The number of sulfonamides is 1. The van der Waals surface area contributed by atoms with Crippen molar-refractivity contribution in [3.05, 3.63) is 49.8 Å². The minimum Gasteiger partial charge on any atom is -0.261 e. The Labute approximate surface area is 208 Å². The van der Waals surface area contributed by atoms with E-state index in [-0.39, 0.29) is 22.2 Å². The standard InChI is InChI=1S/C19H17BrF5N3O3S3/c1-10-11(2)33-16(32-9-3-8-18(21,22)19(23,24)25)14-15(26-17(29)28(10)14)27-34(30,31)13-6-4-12(20)5-7-13/h4-7H,3,8-9H2,1-2H3,(H,26,27,29). The molecule has 0 spiro atoms. The summed E-state index contributed by atoms with van der Waals surface area (Å²) in [5.41, 5.74) is -0.131. The number of hydrogen-bond acceptors (Lipinski definition) is 6. The van der Waals surface area contributed by atoms with Crippen LogP contribution in [0.5, 0.6) is 0 Å². The van der Waals surface area contributed by atoms with Crippen LogP contribution in [0.4, 0.5) is 27.8 Å². The highest BCUT2D eigenvalue weighted by atomic mass is 79.9. The molecule has 0 radical (unpaired) electrons. The molecule has 186 valence electrons. The maximum atomic E-state index is 13.2. The van der Waals surface area contributed by atoms with Crippen molar-refractivity contribution >= 4 is 54.9 Å². The first-order chi connectivity index (χ1) is 15.6. The van der Waals surface area contributed by atoms with Crippen LogP contribution in [-0.4, -0.2) is 35.8 Å². The average Bonchev–Trinajstić information content (AvgIpc) is 3.03. The van der Waals surface area contributed by atoms with Crippen molar-refractivity contribution in [2.45, 2.75) is 47.9 Å². The lowest BCUT2D eigenvalue weighted by Crippen LogP contribution is -2.36. The lowest BCUT2D eigenvalue weighted by atomic mass is 10.2. The van der Waals surface area contributed by atoms with E-state index in [2.05, 4.69) is 25.6 Å². The average molecular weight is 606 g/mol. The maximum Gasteiger partial charge on any atom is 0.453 e. The largest absolute Gasteiger partial charge is 0.453 e. The van der Waals surface area contributed by atoms with Gasteiger partial charge >= 0.3 is 17.8 Å². The molecule has 2 aliphatic rings. The monoisotopic (exact) mass is 605 g/mol. The third-order valence-electron chi connectivity index (χ3n) is 4.77. The first-order valence-electron chi connectivity index (χ1n) is 9.52. The van der Waals surface area contributed by atoms with Gasteiger partial charge in [0.05, 0.1) is 9.10 Å². The number of rotatable bonds is 8. The molecular formula is C19H17BrF5N3O3S3. The Morgan fingerprint density at radius 1 is 1.15 bits per heavy atom. The summed E-state index contributed by atoms with van der Waals surface area (Å²) in [6.07, 6.45) is -7.47. The topological polar surface area (TPSA) is 81.1 Å². The number of hydrogen-bond donors (Lipinski definition) is 1. The second kappa shape index (κ2) is 9.74. The summed E-state index contributed by atoms with van der Waals surface area (Å²) in [6.45, 7) is 3.33. The predicted octanol–water partition coefficient (Wildman–Crippen LogP) is 5.98. The summed E-state index contributed by atoms with van der Waals surface area (Å²) >= 11 is 5.32. The van der Waals surface area contributed by atoms with Gasteiger partial charge in [-0.15, -0.1) is 23.1 Å². The van der Waals surface area contributed by atoms with E-state index >= 15 is 0 Å². The second-order valence-electron chi connectivity index (χ2n) is 7.17. The van der Waals surface area contributed by atoms with Crippen molar-refractivity contribution in [1.29, 1.82) is 0 Å². The first-order valence-corrected chi connectivity index (χ1v) is 13.6. The van der Waals surface area contributed by atoms with Gasteiger partial charge in [-0.3, -0.25) is 9.29 Å². The molecule has 1 N–H and O–H groups in total. The fraction of sp³-hybridized carbons (Fsp3) is 0.368. The lowest BCUT2D eigenvalue weighted by Gasteiger charge is -2.19. The van der Waals surface area contributed by atoms with Gasteiger partial charge in [0.15, 0.2) is 5.82 Å². The van der Waals surface area contributed by atoms with Gasteiger partial charge in [-0.1, -0.05) is 15.9 Å². The van der Waals surface area contributed by atoms with Gasteiger partial charge in [0.2, 0.25) is 0 Å². The summed E-state index contributed by atoms with van der Waals surface area (Å²) in [7, 11) is -4.12. The number of benzene rings is 1. The number of fused-ring (bicyclic) bond motifs is 1. The van der Waals surface area contributed by atoms with Crippen molar-refractivity contribution in [2.75, 3.05) is 10.5 Å². The Morgan fingerprint density at radius 2 is 1.76 bits per heavy atom. The van der Waals surface area contributed by atoms with Crippen molar-refractivity contribution in [1.82, 2.24) is 9.55 Å². The SMILES string of the molecule is Cc1sc(SCCCC(F)(F)C(F)(F)F)c2c(NS(=O)(=O)c3ccc(Br)cc3)nc(=O)n-2c1C. The lowest BCUT2D eigenvalue weighted by molar-refractivity contribution is -0.284. The molecule has 3 rings (SSSR count). The van der Waals surface area contributed by atoms with Crippen LogP contribution in [0.25, 0.3) is 5.69 Å². The molecule has 15 heteroatoms. The van der Waals surface area contributed by atoms with Crippen LogP contribution in [0.1, 0.15) is 23.4 Å². The van der Waals surface area contributed by atoms with Crippen LogP contribution in [0.2, 0.25) is 0 Å². The van der Waals surface area contributed by atoms with E-state index < -0.39 is 40.7 Å². The molecule has 0 bridgehead atoms. The zero-order chi connectivity index (χ0) is 25.5. The Hall–Kier alpha value is -1.71. The molecule has 6 nitrogen and oxygen atoms in total. The molecule has 1 aromatic carbocycles. The first kappa shape index (κ1) is 26.9. The normalized spacial score (nSPS) is 12.9. The van der Waals surface area contributed by atoms with E-state index in [0.717, 1.165) is 23.1 Å². The molecule has 0 amide bonds. The number of halogens is 6. The molecule has 1 aromatic rings. The molecule has 2 aliphatic heterocycles. The zero-order valence-corrected chi connectivity index (χ0v) is 21.6. The van der Waals surface area contributed by atoms with Gasteiger partial charge < -0.3 is 0 Å². The highest BCUT2D eigenvalue weighted by Crippen LogP contribution is 2.41. The van der Waals surface area contributed by atoms with Crippen molar-refractivity contribution in [2.24, 2.45) is 0 Å². The molecule has 0 aliphatic carbocycles. The van der Waals surface area contributed by atoms with Gasteiger partial charge in [0.1, 0.15) is 5.69 Å². The number of thioether (sulfide) groups is 1. The number of aromatic nitrogens is 2. The molecule has 2 heterocycles. The molecule has 0 unspecified atom stereocenters. The fourth-order valence-corrected chi connectivity index (χ4v) is 6.62. The van der Waals surface area contributed by atoms with Crippen LogP contribution in [0.3, 0.4) is 0 Å². The predicted molar refractivity (Wildman–Crippen MR) is 124 cm³/mol. The van der Waals surface area contributed by atoms with Crippen LogP contribution < -0.4 is 10.4 Å². The van der Waals surface area contributed by atoms with E-state index in [1.165, 1.54) is 28.8 Å². The summed E-state index contributed by atoms with van der Waals surface area (Å²) in [4.78, 5) is 16.9. The molecule has 34 heavy (non-hydrogen) atoms. The number of anilines is 1. The Balaban J connectivity index is 1.92. The third-order valence-corrected chi connectivity index (χ3v) is 9.18. The third kappa shape index (κ3) is 5.57. The summed E-state index contributed by atoms with van der Waals surface area (Å²) in [5.74, 6) is -5.17. The molecule has 0 fully saturated rings. The van der Waals surface area contributed by atoms with Crippen LogP contribution in [-0.2, 0) is 10.0 Å². The van der Waals surface area contributed by atoms with Crippen LogP contribution in [0.15, 0.2) is 42.6 Å². The molecular weight excluding hydrogens is 589 g/mol. The minimum absolute atomic E-state index is 0.0830. The number of alkyl halides is 5. The number of aryl methyl sites for hydroxylation is 1. The molecule has 0 saturated heterocycles. The minimum atomic E-state index is -5.63. The van der Waals surface area contributed by atoms with E-state index in [9.17, 15) is 35.2 Å². The quantitative estimate of drug-likeness (QED) is 0.194. The van der Waals surface area contributed by atoms with E-state index in [1.54, 1.807) is 13.8 Å². The Bertz CT molecular complexity index is 1320. The van der Waals surface area contributed by atoms with Gasteiger partial charge in [0, 0.05) is 21.5 Å². The van der Waals surface area contributed by atoms with E-state index in [0.29, 0.717) is 19.3 Å². The summed E-state index contributed by atoms with van der Waals surface area (Å²) in [5, 5.41) is 0. The Kier molecular flexibility index (Phi) is 7.70. The van der Waals surface area contributed by atoms with E-state index in [1.807, 2.05) is 0 Å². The molecule has 0 saturated carbocycles. The Morgan fingerprint density at radius 3 is 2.35 bits per heavy atom. The molecule has 0 atom stereocenters. The van der Waals surface area contributed by atoms with Gasteiger partial charge in [0.25, 0.3) is 10.0 Å².